The van der Waals surface area contributed by atoms with E-state index >= 15 is 0 Å². The van der Waals surface area contributed by atoms with Crippen LogP contribution in [0.15, 0.2) is 36.4 Å². The standard InChI is InChI=1S/C34H45ClN2O5S/c1-21-7-8-22(2)43(40,41)36-32(38)25-10-14-31-30(17-25)37(18-26-9-12-28(26)33(4,39)23(21)3)19-34(20-42-31)15-5-6-24-16-27(35)11-13-29(24)34/h10-11,13-14,16-17,21-23,26,28,39H,5-9,12,15,18-20H2,1-4H3,(H,36,38)/t21-,22-,23?,26+,28-,33-,34+/m1/s1. The summed E-state index contributed by atoms with van der Waals surface area (Å²) in [7, 11) is -3.88. The molecule has 1 unspecified atom stereocenters. The van der Waals surface area contributed by atoms with E-state index in [-0.39, 0.29) is 29.1 Å². The molecular formula is C34H45ClN2O5S. The van der Waals surface area contributed by atoms with Gasteiger partial charge in [0, 0.05) is 29.1 Å². The lowest BCUT2D eigenvalue weighted by molar-refractivity contribution is -0.116. The molecule has 7 nitrogen and oxygen atoms in total. The summed E-state index contributed by atoms with van der Waals surface area (Å²) in [5, 5.41) is 12.0. The van der Waals surface area contributed by atoms with Gasteiger partial charge in [-0.05, 0) is 124 Å². The molecule has 7 atom stereocenters. The number of carbonyl (C=O) groups is 1. The molecular weight excluding hydrogens is 584 g/mol. The maximum Gasteiger partial charge on any atom is 0.264 e. The molecule has 1 fully saturated rings. The number of carbonyl (C=O) groups excluding carboxylic acids is 1. The molecule has 2 aromatic carbocycles. The molecule has 0 saturated heterocycles. The van der Waals surface area contributed by atoms with Crippen molar-refractivity contribution in [3.05, 3.63) is 58.1 Å². The average molecular weight is 629 g/mol. The highest BCUT2D eigenvalue weighted by Crippen LogP contribution is 2.50. The molecule has 2 aromatic rings. The van der Waals surface area contributed by atoms with Gasteiger partial charge < -0.3 is 14.7 Å². The molecule has 2 aliphatic heterocycles. The number of sulfonamides is 1. The van der Waals surface area contributed by atoms with Gasteiger partial charge in [0.15, 0.2) is 0 Å². The van der Waals surface area contributed by atoms with Crippen LogP contribution in [0, 0.1) is 23.7 Å². The number of nitrogens with one attached hydrogen (secondary N) is 1. The summed E-state index contributed by atoms with van der Waals surface area (Å²) in [5.41, 5.74) is 2.48. The predicted molar refractivity (Wildman–Crippen MR) is 170 cm³/mol. The molecule has 9 heteroatoms. The molecule has 4 aliphatic rings. The third kappa shape index (κ3) is 5.57. The first-order valence-electron chi connectivity index (χ1n) is 15.9. The van der Waals surface area contributed by atoms with Gasteiger partial charge in [-0.2, -0.15) is 0 Å². The molecule has 6 rings (SSSR count). The van der Waals surface area contributed by atoms with Crippen molar-refractivity contribution in [3.63, 3.8) is 0 Å². The monoisotopic (exact) mass is 628 g/mol. The molecule has 2 aliphatic carbocycles. The number of fused-ring (bicyclic) bond motifs is 4. The van der Waals surface area contributed by atoms with Crippen molar-refractivity contribution in [2.24, 2.45) is 23.7 Å². The van der Waals surface area contributed by atoms with E-state index in [9.17, 15) is 18.3 Å². The number of anilines is 1. The van der Waals surface area contributed by atoms with Crippen molar-refractivity contribution >= 4 is 33.2 Å². The number of amides is 1. The summed E-state index contributed by atoms with van der Waals surface area (Å²) in [4.78, 5) is 15.7. The lowest BCUT2D eigenvalue weighted by atomic mass is 9.59. The SMILES string of the molecule is CC1[C@H](C)CC[C@@H](C)S(=O)(=O)NC(=O)c2ccc3c(c2)N(C[C@@H]2CC[C@H]2[C@]1(C)O)C[C@@]1(CCCc2cc(Cl)ccc21)CO3. The van der Waals surface area contributed by atoms with Gasteiger partial charge in [-0.3, -0.25) is 4.79 Å². The third-order valence-corrected chi connectivity index (χ3v) is 13.5. The van der Waals surface area contributed by atoms with Crippen LogP contribution >= 0.6 is 11.6 Å². The van der Waals surface area contributed by atoms with Crippen LogP contribution in [0.5, 0.6) is 5.75 Å². The molecule has 234 valence electrons. The topological polar surface area (TPSA) is 95.9 Å². The first-order valence-corrected chi connectivity index (χ1v) is 17.8. The highest BCUT2D eigenvalue weighted by atomic mass is 35.5. The summed E-state index contributed by atoms with van der Waals surface area (Å²) in [6, 6.07) is 11.4. The second kappa shape index (κ2) is 11.3. The zero-order valence-electron chi connectivity index (χ0n) is 25.7. The largest absolute Gasteiger partial charge is 0.490 e. The summed E-state index contributed by atoms with van der Waals surface area (Å²) < 4.78 is 35.3. The number of aliphatic hydroxyl groups is 1. The van der Waals surface area contributed by atoms with Crippen LogP contribution in [0.2, 0.25) is 5.02 Å². The van der Waals surface area contributed by atoms with Crippen LogP contribution in [0.4, 0.5) is 5.69 Å². The highest BCUT2D eigenvalue weighted by Gasteiger charge is 2.49. The molecule has 2 bridgehead atoms. The van der Waals surface area contributed by atoms with Gasteiger partial charge in [-0.15, -0.1) is 0 Å². The van der Waals surface area contributed by atoms with Crippen LogP contribution in [0.1, 0.15) is 87.7 Å². The highest BCUT2D eigenvalue weighted by molar-refractivity contribution is 7.90. The molecule has 2 N–H and O–H groups in total. The van der Waals surface area contributed by atoms with Crippen molar-refractivity contribution < 1.29 is 23.1 Å². The second-order valence-corrected chi connectivity index (χ2v) is 16.6. The number of halogens is 1. The Hall–Kier alpha value is -2.29. The minimum absolute atomic E-state index is 0.00892. The zero-order chi connectivity index (χ0) is 30.7. The van der Waals surface area contributed by atoms with Crippen molar-refractivity contribution in [1.82, 2.24) is 4.72 Å². The van der Waals surface area contributed by atoms with Gasteiger partial charge in [0.1, 0.15) is 5.75 Å². The van der Waals surface area contributed by atoms with Crippen molar-refractivity contribution in [2.75, 3.05) is 24.6 Å². The molecule has 0 aromatic heterocycles. The van der Waals surface area contributed by atoms with E-state index in [1.807, 2.05) is 13.0 Å². The Bertz CT molecular complexity index is 1510. The molecule has 0 radical (unpaired) electrons. The maximum absolute atomic E-state index is 13.4. The number of nitrogens with zero attached hydrogens (tertiary/aromatic N) is 1. The third-order valence-electron chi connectivity index (χ3n) is 11.5. The number of hydrogen-bond donors (Lipinski definition) is 2. The fourth-order valence-corrected chi connectivity index (χ4v) is 9.42. The molecule has 1 spiro atoms. The summed E-state index contributed by atoms with van der Waals surface area (Å²) in [5.74, 6) is 0.598. The molecule has 1 saturated carbocycles. The predicted octanol–water partition coefficient (Wildman–Crippen LogP) is 6.10. The van der Waals surface area contributed by atoms with E-state index < -0.39 is 26.8 Å². The Kier molecular flexibility index (Phi) is 8.04. The number of hydrogen-bond acceptors (Lipinski definition) is 6. The Morgan fingerprint density at radius 2 is 1.86 bits per heavy atom. The first-order chi connectivity index (χ1) is 20.3. The van der Waals surface area contributed by atoms with Crippen molar-refractivity contribution in [3.8, 4) is 5.75 Å². The Morgan fingerprint density at radius 3 is 2.60 bits per heavy atom. The first kappa shape index (κ1) is 30.7. The minimum atomic E-state index is -3.88. The summed E-state index contributed by atoms with van der Waals surface area (Å²) >= 11 is 6.41. The zero-order valence-corrected chi connectivity index (χ0v) is 27.3. The smallest absolute Gasteiger partial charge is 0.264 e. The summed E-state index contributed by atoms with van der Waals surface area (Å²) in [6.07, 6.45) is 6.04. The van der Waals surface area contributed by atoms with Crippen LogP contribution in [-0.2, 0) is 21.9 Å². The minimum Gasteiger partial charge on any atom is -0.490 e. The lowest BCUT2D eigenvalue weighted by Crippen LogP contribution is -2.55. The number of benzene rings is 2. The molecule has 1 amide bonds. The molecule has 43 heavy (non-hydrogen) atoms. The van der Waals surface area contributed by atoms with E-state index in [1.54, 1.807) is 25.1 Å². The van der Waals surface area contributed by atoms with Gasteiger partial charge in [0.05, 0.1) is 23.1 Å². The van der Waals surface area contributed by atoms with Crippen molar-refractivity contribution in [2.45, 2.75) is 88.9 Å². The maximum atomic E-state index is 13.4. The van der Waals surface area contributed by atoms with E-state index in [0.29, 0.717) is 37.3 Å². The Labute approximate surface area is 261 Å². The Morgan fingerprint density at radius 1 is 1.07 bits per heavy atom. The number of aryl methyl sites for hydroxylation is 1. The summed E-state index contributed by atoms with van der Waals surface area (Å²) in [6.45, 7) is 9.77. The van der Waals surface area contributed by atoms with Gasteiger partial charge in [0.2, 0.25) is 10.0 Å². The quantitative estimate of drug-likeness (QED) is 0.366. The van der Waals surface area contributed by atoms with Crippen LogP contribution in [0.25, 0.3) is 0 Å². The average Bonchev–Trinajstić information content (AvgIpc) is 3.09. The Balaban J connectivity index is 1.44. The second-order valence-electron chi connectivity index (χ2n) is 14.1. The lowest BCUT2D eigenvalue weighted by Gasteiger charge is -2.51. The van der Waals surface area contributed by atoms with E-state index in [0.717, 1.165) is 49.4 Å². The van der Waals surface area contributed by atoms with Gasteiger partial charge in [-0.25, -0.2) is 13.1 Å². The fraction of sp³-hybridized carbons (Fsp3) is 0.618. The fourth-order valence-electron chi connectivity index (χ4n) is 8.20. The normalized spacial score (nSPS) is 35.9. The van der Waals surface area contributed by atoms with E-state index in [4.69, 9.17) is 16.3 Å². The van der Waals surface area contributed by atoms with E-state index in [1.165, 1.54) is 11.1 Å². The van der Waals surface area contributed by atoms with E-state index in [2.05, 4.69) is 35.6 Å². The van der Waals surface area contributed by atoms with Crippen LogP contribution in [-0.4, -0.2) is 50.0 Å². The van der Waals surface area contributed by atoms with Crippen LogP contribution in [0.3, 0.4) is 0 Å². The van der Waals surface area contributed by atoms with Crippen molar-refractivity contribution in [1.29, 1.82) is 0 Å². The number of ether oxygens (including phenoxy) is 1. The van der Waals surface area contributed by atoms with Gasteiger partial charge in [0.25, 0.3) is 5.91 Å². The van der Waals surface area contributed by atoms with Gasteiger partial charge in [-0.1, -0.05) is 31.5 Å². The van der Waals surface area contributed by atoms with Gasteiger partial charge >= 0.3 is 0 Å². The van der Waals surface area contributed by atoms with Crippen LogP contribution < -0.4 is 14.4 Å². The number of rotatable bonds is 0. The molecule has 2 heterocycles.